The minimum absolute atomic E-state index is 0.228. The first kappa shape index (κ1) is 10.2. The molecule has 0 aliphatic carbocycles. The van der Waals surface area contributed by atoms with Gasteiger partial charge >= 0.3 is 0 Å². The standard InChI is InChI=1S/C13H9FN2S/c14-10-5-3-9(4-6-10)12-8-17-13(16-12)11-2-1-7-15-11/h1-8,15H. The quantitative estimate of drug-likeness (QED) is 0.726. The van der Waals surface area contributed by atoms with Gasteiger partial charge < -0.3 is 4.98 Å². The highest BCUT2D eigenvalue weighted by Crippen LogP contribution is 2.27. The Morgan fingerprint density at radius 1 is 1.12 bits per heavy atom. The summed E-state index contributed by atoms with van der Waals surface area (Å²) >= 11 is 1.57. The van der Waals surface area contributed by atoms with E-state index in [4.69, 9.17) is 0 Å². The highest BCUT2D eigenvalue weighted by Gasteiger charge is 2.06. The number of halogens is 1. The summed E-state index contributed by atoms with van der Waals surface area (Å²) in [6, 6.07) is 10.3. The maximum absolute atomic E-state index is 12.8. The van der Waals surface area contributed by atoms with Crippen molar-refractivity contribution in [3.63, 3.8) is 0 Å². The number of H-pyrrole nitrogens is 1. The van der Waals surface area contributed by atoms with E-state index < -0.39 is 0 Å². The summed E-state index contributed by atoms with van der Waals surface area (Å²) in [6.07, 6.45) is 1.87. The van der Waals surface area contributed by atoms with Crippen molar-refractivity contribution < 1.29 is 4.39 Å². The molecular formula is C13H9FN2S. The second-order valence-electron chi connectivity index (χ2n) is 3.63. The molecule has 0 aliphatic heterocycles. The monoisotopic (exact) mass is 244 g/mol. The van der Waals surface area contributed by atoms with E-state index >= 15 is 0 Å². The normalized spacial score (nSPS) is 10.6. The summed E-state index contributed by atoms with van der Waals surface area (Å²) in [5.41, 5.74) is 2.81. The fraction of sp³-hybridized carbons (Fsp3) is 0. The maximum Gasteiger partial charge on any atom is 0.140 e. The Balaban J connectivity index is 1.98. The summed E-state index contributed by atoms with van der Waals surface area (Å²) in [5, 5.41) is 2.91. The highest BCUT2D eigenvalue weighted by molar-refractivity contribution is 7.13. The predicted molar refractivity (Wildman–Crippen MR) is 67.3 cm³/mol. The first-order valence-electron chi connectivity index (χ1n) is 5.18. The lowest BCUT2D eigenvalue weighted by molar-refractivity contribution is 0.628. The van der Waals surface area contributed by atoms with Crippen LogP contribution in [0.2, 0.25) is 0 Å². The largest absolute Gasteiger partial charge is 0.359 e. The van der Waals surface area contributed by atoms with Gasteiger partial charge in [0.25, 0.3) is 0 Å². The molecule has 3 rings (SSSR count). The molecule has 1 aromatic carbocycles. The third kappa shape index (κ3) is 1.99. The van der Waals surface area contributed by atoms with Crippen LogP contribution in [0.4, 0.5) is 4.39 Å². The van der Waals surface area contributed by atoms with Gasteiger partial charge in [-0.15, -0.1) is 11.3 Å². The van der Waals surface area contributed by atoms with Crippen LogP contribution in [0.15, 0.2) is 48.0 Å². The van der Waals surface area contributed by atoms with Gasteiger partial charge in [0.15, 0.2) is 0 Å². The summed E-state index contributed by atoms with van der Waals surface area (Å²) < 4.78 is 12.8. The Labute approximate surface area is 102 Å². The Kier molecular flexibility index (Phi) is 2.49. The van der Waals surface area contributed by atoms with Gasteiger partial charge in [0, 0.05) is 17.1 Å². The van der Waals surface area contributed by atoms with Gasteiger partial charge in [0.2, 0.25) is 0 Å². The molecule has 3 aromatic rings. The van der Waals surface area contributed by atoms with Gasteiger partial charge in [-0.25, -0.2) is 9.37 Å². The Morgan fingerprint density at radius 2 is 1.94 bits per heavy atom. The van der Waals surface area contributed by atoms with E-state index in [1.165, 1.54) is 12.1 Å². The van der Waals surface area contributed by atoms with E-state index in [9.17, 15) is 4.39 Å². The lowest BCUT2D eigenvalue weighted by Gasteiger charge is -1.95. The summed E-state index contributed by atoms with van der Waals surface area (Å²) in [6.45, 7) is 0. The van der Waals surface area contributed by atoms with E-state index in [0.29, 0.717) is 0 Å². The molecule has 0 fully saturated rings. The number of aromatic amines is 1. The number of thiazole rings is 1. The number of rotatable bonds is 2. The first-order valence-corrected chi connectivity index (χ1v) is 6.06. The number of nitrogens with zero attached hydrogens (tertiary/aromatic N) is 1. The number of benzene rings is 1. The van der Waals surface area contributed by atoms with Crippen LogP contribution in [-0.2, 0) is 0 Å². The third-order valence-electron chi connectivity index (χ3n) is 2.47. The molecule has 2 aromatic heterocycles. The van der Waals surface area contributed by atoms with Crippen LogP contribution in [-0.4, -0.2) is 9.97 Å². The van der Waals surface area contributed by atoms with Crippen molar-refractivity contribution >= 4 is 11.3 Å². The molecule has 0 spiro atoms. The van der Waals surface area contributed by atoms with E-state index in [-0.39, 0.29) is 5.82 Å². The minimum Gasteiger partial charge on any atom is -0.359 e. The Hall–Kier alpha value is -1.94. The van der Waals surface area contributed by atoms with Gasteiger partial charge in [-0.2, -0.15) is 0 Å². The average Bonchev–Trinajstić information content (AvgIpc) is 3.00. The van der Waals surface area contributed by atoms with E-state index in [2.05, 4.69) is 9.97 Å². The molecule has 0 unspecified atom stereocenters. The van der Waals surface area contributed by atoms with Crippen molar-refractivity contribution in [3.05, 3.63) is 53.8 Å². The molecule has 0 radical (unpaired) electrons. The summed E-state index contributed by atoms with van der Waals surface area (Å²) in [5.74, 6) is -0.228. The zero-order valence-electron chi connectivity index (χ0n) is 8.85. The molecule has 0 amide bonds. The smallest absolute Gasteiger partial charge is 0.140 e. The predicted octanol–water partition coefficient (Wildman–Crippen LogP) is 3.94. The van der Waals surface area contributed by atoms with Crippen molar-refractivity contribution in [2.24, 2.45) is 0 Å². The average molecular weight is 244 g/mol. The second-order valence-corrected chi connectivity index (χ2v) is 4.49. The molecule has 2 nitrogen and oxygen atoms in total. The number of nitrogens with one attached hydrogen (secondary N) is 1. The summed E-state index contributed by atoms with van der Waals surface area (Å²) in [4.78, 5) is 7.63. The van der Waals surface area contributed by atoms with Crippen molar-refractivity contribution in [2.75, 3.05) is 0 Å². The zero-order chi connectivity index (χ0) is 11.7. The van der Waals surface area contributed by atoms with Crippen LogP contribution in [0.1, 0.15) is 0 Å². The number of hydrogen-bond donors (Lipinski definition) is 1. The van der Waals surface area contributed by atoms with Gasteiger partial charge in [-0.05, 0) is 36.4 Å². The minimum atomic E-state index is -0.228. The van der Waals surface area contributed by atoms with Crippen LogP contribution in [0.3, 0.4) is 0 Å². The molecule has 0 aliphatic rings. The SMILES string of the molecule is Fc1ccc(-c2csc(-c3ccc[nH]3)n2)cc1. The van der Waals surface area contributed by atoms with Crippen molar-refractivity contribution in [3.8, 4) is 22.0 Å². The lowest BCUT2D eigenvalue weighted by atomic mass is 10.2. The molecule has 0 atom stereocenters. The zero-order valence-corrected chi connectivity index (χ0v) is 9.67. The molecule has 0 saturated heterocycles. The van der Waals surface area contributed by atoms with Crippen LogP contribution in [0.25, 0.3) is 22.0 Å². The van der Waals surface area contributed by atoms with Gasteiger partial charge in [0.1, 0.15) is 10.8 Å². The molecule has 4 heteroatoms. The first-order chi connectivity index (χ1) is 8.33. The maximum atomic E-state index is 12.8. The van der Waals surface area contributed by atoms with E-state index in [1.807, 2.05) is 23.7 Å². The van der Waals surface area contributed by atoms with Gasteiger partial charge in [-0.3, -0.25) is 0 Å². The van der Waals surface area contributed by atoms with E-state index in [1.54, 1.807) is 23.5 Å². The van der Waals surface area contributed by atoms with E-state index in [0.717, 1.165) is 22.0 Å². The van der Waals surface area contributed by atoms with Crippen LogP contribution in [0, 0.1) is 5.82 Å². The van der Waals surface area contributed by atoms with Crippen molar-refractivity contribution in [1.82, 2.24) is 9.97 Å². The lowest BCUT2D eigenvalue weighted by Crippen LogP contribution is -1.80. The van der Waals surface area contributed by atoms with Crippen LogP contribution >= 0.6 is 11.3 Å². The molecule has 2 heterocycles. The number of aromatic nitrogens is 2. The number of hydrogen-bond acceptors (Lipinski definition) is 2. The third-order valence-corrected chi connectivity index (χ3v) is 3.35. The molecule has 0 bridgehead atoms. The fourth-order valence-corrected chi connectivity index (χ4v) is 2.43. The second kappa shape index (κ2) is 4.14. The molecule has 17 heavy (non-hydrogen) atoms. The molecular weight excluding hydrogens is 235 g/mol. The molecule has 0 saturated carbocycles. The summed E-state index contributed by atoms with van der Waals surface area (Å²) in [7, 11) is 0. The topological polar surface area (TPSA) is 28.7 Å². The molecule has 84 valence electrons. The highest BCUT2D eigenvalue weighted by atomic mass is 32.1. The van der Waals surface area contributed by atoms with Gasteiger partial charge in [-0.1, -0.05) is 0 Å². The molecule has 1 N–H and O–H groups in total. The Morgan fingerprint density at radius 3 is 2.65 bits per heavy atom. The van der Waals surface area contributed by atoms with Gasteiger partial charge in [0.05, 0.1) is 11.4 Å². The van der Waals surface area contributed by atoms with Crippen LogP contribution < -0.4 is 0 Å². The Bertz CT molecular complexity index is 611. The van der Waals surface area contributed by atoms with Crippen LogP contribution in [0.5, 0.6) is 0 Å². The van der Waals surface area contributed by atoms with Crippen molar-refractivity contribution in [1.29, 1.82) is 0 Å². The fourth-order valence-electron chi connectivity index (χ4n) is 1.61. The van der Waals surface area contributed by atoms with Crippen molar-refractivity contribution in [2.45, 2.75) is 0 Å².